The van der Waals surface area contributed by atoms with E-state index in [0.717, 1.165) is 25.8 Å². The van der Waals surface area contributed by atoms with Crippen molar-refractivity contribution < 1.29 is 4.79 Å². The van der Waals surface area contributed by atoms with E-state index >= 15 is 0 Å². The number of hydrogen-bond donors (Lipinski definition) is 0. The molecule has 1 amide bonds. The summed E-state index contributed by atoms with van der Waals surface area (Å²) in [6.45, 7) is 9.88. The maximum absolute atomic E-state index is 11.8. The van der Waals surface area contributed by atoms with Gasteiger partial charge in [-0.2, -0.15) is 0 Å². The predicted octanol–water partition coefficient (Wildman–Crippen LogP) is 3.24. The molecule has 15 heavy (non-hydrogen) atoms. The number of rotatable bonds is 4. The van der Waals surface area contributed by atoms with Crippen molar-refractivity contribution in [1.82, 2.24) is 4.90 Å². The van der Waals surface area contributed by atoms with Crippen LogP contribution in [0.15, 0.2) is 0 Å². The number of carbonyl (C=O) groups excluding carboxylic acids is 1. The zero-order chi connectivity index (χ0) is 11.6. The summed E-state index contributed by atoms with van der Waals surface area (Å²) in [5.74, 6) is 1.00. The number of nitrogens with zero attached hydrogens (tertiary/aromatic N) is 1. The molecule has 0 aromatic rings. The van der Waals surface area contributed by atoms with Crippen LogP contribution in [0.2, 0.25) is 0 Å². The van der Waals surface area contributed by atoms with Gasteiger partial charge in [0.1, 0.15) is 0 Å². The lowest BCUT2D eigenvalue weighted by atomic mass is 9.93. The van der Waals surface area contributed by atoms with Crippen molar-refractivity contribution in [3.05, 3.63) is 0 Å². The summed E-state index contributed by atoms with van der Waals surface area (Å²) in [7, 11) is 0. The monoisotopic (exact) mass is 323 g/mol. The minimum atomic E-state index is 0.169. The second-order valence-corrected chi connectivity index (χ2v) is 8.18. The van der Waals surface area contributed by atoms with Gasteiger partial charge < -0.3 is 4.90 Å². The van der Waals surface area contributed by atoms with E-state index in [9.17, 15) is 4.79 Å². The van der Waals surface area contributed by atoms with Crippen LogP contribution in [0.4, 0.5) is 0 Å². The van der Waals surface area contributed by atoms with Crippen LogP contribution in [0.1, 0.15) is 47.0 Å². The highest BCUT2D eigenvalue weighted by Gasteiger charge is 2.36. The lowest BCUT2D eigenvalue weighted by Crippen LogP contribution is -2.47. The first-order chi connectivity index (χ1) is 6.82. The van der Waals surface area contributed by atoms with Crippen LogP contribution in [-0.4, -0.2) is 26.8 Å². The highest BCUT2D eigenvalue weighted by atomic mass is 127. The molecular weight excluding hydrogens is 301 g/mol. The largest absolute Gasteiger partial charge is 0.338 e. The summed E-state index contributed by atoms with van der Waals surface area (Å²) in [5.41, 5.74) is 0. The Morgan fingerprint density at radius 3 is 2.40 bits per heavy atom. The van der Waals surface area contributed by atoms with Gasteiger partial charge in [-0.1, -0.05) is 36.4 Å². The molecule has 0 aromatic heterocycles. The molecule has 0 aliphatic carbocycles. The van der Waals surface area contributed by atoms with E-state index in [0.29, 0.717) is 17.9 Å². The Bertz CT molecular complexity index is 232. The van der Waals surface area contributed by atoms with Gasteiger partial charge in [0.25, 0.3) is 0 Å². The lowest BCUT2D eigenvalue weighted by Gasteiger charge is -2.37. The van der Waals surface area contributed by atoms with Crippen LogP contribution in [0.25, 0.3) is 0 Å². The molecule has 3 heteroatoms. The van der Waals surface area contributed by atoms with Gasteiger partial charge in [-0.05, 0) is 32.6 Å². The quantitative estimate of drug-likeness (QED) is 0.574. The highest BCUT2D eigenvalue weighted by Crippen LogP contribution is 2.32. The summed E-state index contributed by atoms with van der Waals surface area (Å²) in [6.07, 6.45) is 2.91. The van der Waals surface area contributed by atoms with Gasteiger partial charge in [-0.15, -0.1) is 0 Å². The molecule has 0 saturated carbocycles. The van der Waals surface area contributed by atoms with Gasteiger partial charge >= 0.3 is 0 Å². The molecule has 1 fully saturated rings. The molecule has 0 N–H and O–H groups in total. The summed E-state index contributed by atoms with van der Waals surface area (Å²) in [5, 5.41) is 0. The number of amides is 1. The second-order valence-electron chi connectivity index (χ2n) is 5.40. The van der Waals surface area contributed by atoms with Gasteiger partial charge in [0.2, 0.25) is 5.91 Å². The molecule has 0 spiro atoms. The zero-order valence-electron chi connectivity index (χ0n) is 10.2. The lowest BCUT2D eigenvalue weighted by molar-refractivity contribution is -0.130. The maximum atomic E-state index is 11.8. The van der Waals surface area contributed by atoms with E-state index in [-0.39, 0.29) is 3.42 Å². The summed E-state index contributed by atoms with van der Waals surface area (Å²) in [4.78, 5) is 13.9. The Labute approximate surface area is 107 Å². The zero-order valence-corrected chi connectivity index (χ0v) is 12.4. The first-order valence-corrected chi connectivity index (χ1v) is 6.88. The van der Waals surface area contributed by atoms with Crippen LogP contribution in [0, 0.1) is 5.92 Å². The van der Waals surface area contributed by atoms with Crippen LogP contribution in [0.5, 0.6) is 0 Å². The molecule has 1 heterocycles. The van der Waals surface area contributed by atoms with E-state index in [4.69, 9.17) is 0 Å². The number of likely N-dealkylation sites (tertiary alicyclic amines) is 1. The molecular formula is C12H22INO. The molecule has 0 aromatic carbocycles. The molecule has 1 unspecified atom stereocenters. The van der Waals surface area contributed by atoms with Crippen molar-refractivity contribution in [2.75, 3.05) is 6.54 Å². The van der Waals surface area contributed by atoms with Gasteiger partial charge in [0, 0.05) is 22.4 Å². The Morgan fingerprint density at radius 2 is 2.07 bits per heavy atom. The number of halogens is 1. The predicted molar refractivity (Wildman–Crippen MR) is 72.3 cm³/mol. The van der Waals surface area contributed by atoms with E-state index in [1.54, 1.807) is 0 Å². The average molecular weight is 323 g/mol. The third-order valence-corrected chi connectivity index (χ3v) is 3.69. The molecule has 1 rings (SSSR count). The van der Waals surface area contributed by atoms with Crippen molar-refractivity contribution >= 4 is 28.5 Å². The molecule has 1 aliphatic rings. The topological polar surface area (TPSA) is 20.3 Å². The van der Waals surface area contributed by atoms with Gasteiger partial charge in [0.05, 0.1) is 0 Å². The molecule has 1 atom stereocenters. The third kappa shape index (κ3) is 3.61. The van der Waals surface area contributed by atoms with Gasteiger partial charge in [-0.25, -0.2) is 0 Å². The van der Waals surface area contributed by atoms with E-state index in [1.165, 1.54) is 0 Å². The molecule has 1 saturated heterocycles. The molecule has 0 radical (unpaired) electrons. The van der Waals surface area contributed by atoms with Gasteiger partial charge in [0.15, 0.2) is 0 Å². The minimum absolute atomic E-state index is 0.169. The minimum Gasteiger partial charge on any atom is -0.338 e. The SMILES string of the molecule is CC(C)CC(N1CCCC1=O)C(C)(C)I. The van der Waals surface area contributed by atoms with E-state index in [1.807, 2.05) is 0 Å². The van der Waals surface area contributed by atoms with E-state index in [2.05, 4.69) is 55.2 Å². The Morgan fingerprint density at radius 1 is 1.47 bits per heavy atom. The fourth-order valence-corrected chi connectivity index (χ4v) is 2.81. The molecule has 2 nitrogen and oxygen atoms in total. The average Bonchev–Trinajstić information content (AvgIpc) is 2.45. The van der Waals surface area contributed by atoms with Crippen molar-refractivity contribution in [1.29, 1.82) is 0 Å². The fourth-order valence-electron chi connectivity index (χ4n) is 2.22. The standard InChI is InChI=1S/C12H22INO/c1-9(2)8-10(12(3,4)13)14-7-5-6-11(14)15/h9-10H,5-8H2,1-4H3. The van der Waals surface area contributed by atoms with Crippen molar-refractivity contribution in [3.8, 4) is 0 Å². The Balaban J connectivity index is 2.76. The van der Waals surface area contributed by atoms with Crippen LogP contribution < -0.4 is 0 Å². The first kappa shape index (κ1) is 13.3. The number of hydrogen-bond acceptors (Lipinski definition) is 1. The number of carbonyl (C=O) groups is 1. The van der Waals surface area contributed by atoms with E-state index < -0.39 is 0 Å². The van der Waals surface area contributed by atoms with Crippen LogP contribution in [-0.2, 0) is 4.79 Å². The molecule has 1 aliphatic heterocycles. The fraction of sp³-hybridized carbons (Fsp3) is 0.917. The number of alkyl halides is 1. The van der Waals surface area contributed by atoms with Crippen molar-refractivity contribution in [3.63, 3.8) is 0 Å². The van der Waals surface area contributed by atoms with Crippen molar-refractivity contribution in [2.45, 2.75) is 56.4 Å². The van der Waals surface area contributed by atoms with Crippen LogP contribution in [0.3, 0.4) is 0 Å². The summed E-state index contributed by atoms with van der Waals surface area (Å²) < 4.78 is 0.169. The normalized spacial score (nSPS) is 20.1. The summed E-state index contributed by atoms with van der Waals surface area (Å²) in [6, 6.07) is 0.396. The van der Waals surface area contributed by atoms with Gasteiger partial charge in [-0.3, -0.25) is 4.79 Å². The van der Waals surface area contributed by atoms with Crippen molar-refractivity contribution in [2.24, 2.45) is 5.92 Å². The smallest absolute Gasteiger partial charge is 0.222 e. The summed E-state index contributed by atoms with van der Waals surface area (Å²) >= 11 is 2.48. The first-order valence-electron chi connectivity index (χ1n) is 5.80. The van der Waals surface area contributed by atoms with Crippen LogP contribution >= 0.6 is 22.6 Å². The third-order valence-electron chi connectivity index (χ3n) is 2.97. The molecule has 88 valence electrons. The maximum Gasteiger partial charge on any atom is 0.222 e. The second kappa shape index (κ2) is 5.02. The Hall–Kier alpha value is 0.200. The highest BCUT2D eigenvalue weighted by molar-refractivity contribution is 14.1. The Kier molecular flexibility index (Phi) is 4.44. The molecule has 0 bridgehead atoms.